The van der Waals surface area contributed by atoms with Crippen molar-refractivity contribution in [2.45, 2.75) is 39.2 Å². The van der Waals surface area contributed by atoms with Gasteiger partial charge in [0.25, 0.3) is 0 Å². The number of benzene rings is 1. The number of piperidine rings is 1. The molecule has 24 heavy (non-hydrogen) atoms. The first-order valence-corrected chi connectivity index (χ1v) is 9.25. The van der Waals surface area contributed by atoms with Crippen molar-refractivity contribution in [3.8, 4) is 0 Å². The molecule has 3 heteroatoms. The number of nitrogens with one attached hydrogen (secondary N) is 1. The van der Waals surface area contributed by atoms with Crippen molar-refractivity contribution in [3.05, 3.63) is 47.4 Å². The number of ether oxygens (including phenoxy) is 1. The van der Waals surface area contributed by atoms with Gasteiger partial charge >= 0.3 is 0 Å². The van der Waals surface area contributed by atoms with Crippen LogP contribution in [0, 0.1) is 11.8 Å². The van der Waals surface area contributed by atoms with Gasteiger partial charge in [-0.05, 0) is 48.8 Å². The first-order valence-electron chi connectivity index (χ1n) is 9.25. The number of hydrogen-bond acceptors (Lipinski definition) is 2. The van der Waals surface area contributed by atoms with Crippen LogP contribution < -0.4 is 0 Å². The van der Waals surface area contributed by atoms with Gasteiger partial charge in [0.05, 0.1) is 19.4 Å². The van der Waals surface area contributed by atoms with E-state index >= 15 is 0 Å². The third kappa shape index (κ3) is 2.46. The Labute approximate surface area is 144 Å². The quantitative estimate of drug-likeness (QED) is 0.832. The molecule has 1 N–H and O–H groups in total. The summed E-state index contributed by atoms with van der Waals surface area (Å²) in [6.45, 7) is 6.96. The summed E-state index contributed by atoms with van der Waals surface area (Å²) in [5.41, 5.74) is 5.70. The van der Waals surface area contributed by atoms with E-state index in [0.717, 1.165) is 5.92 Å². The summed E-state index contributed by atoms with van der Waals surface area (Å²) in [7, 11) is 1.76. The molecule has 0 aliphatic carbocycles. The fourth-order valence-electron chi connectivity index (χ4n) is 4.96. The van der Waals surface area contributed by atoms with Crippen LogP contribution in [0.25, 0.3) is 10.9 Å². The third-order valence-corrected chi connectivity index (χ3v) is 6.20. The van der Waals surface area contributed by atoms with E-state index in [2.05, 4.69) is 48.0 Å². The number of aromatic nitrogens is 1. The van der Waals surface area contributed by atoms with Crippen molar-refractivity contribution >= 4 is 10.9 Å². The van der Waals surface area contributed by atoms with Gasteiger partial charge in [0, 0.05) is 29.7 Å². The molecule has 0 saturated carbocycles. The van der Waals surface area contributed by atoms with Crippen LogP contribution in [0.1, 0.15) is 44.0 Å². The topological polar surface area (TPSA) is 28.3 Å². The molecule has 2 aliphatic heterocycles. The van der Waals surface area contributed by atoms with Crippen molar-refractivity contribution < 1.29 is 4.74 Å². The van der Waals surface area contributed by atoms with E-state index < -0.39 is 0 Å². The van der Waals surface area contributed by atoms with E-state index in [1.807, 2.05) is 6.26 Å². The predicted molar refractivity (Wildman–Crippen MR) is 99.0 cm³/mol. The minimum absolute atomic E-state index is 0.522. The Balaban J connectivity index is 1.72. The molecule has 128 valence electrons. The fourth-order valence-corrected chi connectivity index (χ4v) is 4.96. The van der Waals surface area contributed by atoms with Gasteiger partial charge in [0.15, 0.2) is 0 Å². The highest BCUT2D eigenvalue weighted by Crippen LogP contribution is 2.45. The molecule has 3 heterocycles. The van der Waals surface area contributed by atoms with Crippen LogP contribution >= 0.6 is 0 Å². The lowest BCUT2D eigenvalue weighted by Gasteiger charge is -2.46. The molecule has 2 aliphatic rings. The average Bonchev–Trinajstić information content (AvgIpc) is 2.99. The second-order valence-electron chi connectivity index (χ2n) is 7.43. The lowest BCUT2D eigenvalue weighted by atomic mass is 9.74. The second-order valence-corrected chi connectivity index (χ2v) is 7.43. The van der Waals surface area contributed by atoms with Crippen LogP contribution in [-0.4, -0.2) is 30.1 Å². The SMILES string of the molecule is CC[C@@H]1CN2CCc3c([nH]c4ccccc34)[C@@H]2C[C@@H]1/C(C)=C\OC. The van der Waals surface area contributed by atoms with E-state index in [0.29, 0.717) is 12.0 Å². The average molecular weight is 324 g/mol. The highest BCUT2D eigenvalue weighted by Gasteiger charge is 2.40. The molecule has 2 aromatic rings. The van der Waals surface area contributed by atoms with Gasteiger partial charge in [-0.25, -0.2) is 0 Å². The summed E-state index contributed by atoms with van der Waals surface area (Å²) in [4.78, 5) is 6.46. The monoisotopic (exact) mass is 324 g/mol. The Morgan fingerprint density at radius 3 is 3.00 bits per heavy atom. The van der Waals surface area contributed by atoms with Gasteiger partial charge < -0.3 is 9.72 Å². The summed E-state index contributed by atoms with van der Waals surface area (Å²) >= 11 is 0. The zero-order chi connectivity index (χ0) is 16.7. The minimum atomic E-state index is 0.522. The Morgan fingerprint density at radius 1 is 1.38 bits per heavy atom. The Kier molecular flexibility index (Phi) is 4.13. The van der Waals surface area contributed by atoms with Crippen molar-refractivity contribution in [2.24, 2.45) is 11.8 Å². The molecule has 4 rings (SSSR count). The molecule has 0 bridgehead atoms. The molecule has 1 fully saturated rings. The number of fused-ring (bicyclic) bond motifs is 5. The maximum atomic E-state index is 5.32. The predicted octanol–water partition coefficient (Wildman–Crippen LogP) is 4.66. The summed E-state index contributed by atoms with van der Waals surface area (Å²) in [5, 5.41) is 1.42. The van der Waals surface area contributed by atoms with Crippen LogP contribution in [0.5, 0.6) is 0 Å². The van der Waals surface area contributed by atoms with Gasteiger partial charge in [-0.1, -0.05) is 31.5 Å². The highest BCUT2D eigenvalue weighted by molar-refractivity contribution is 5.85. The van der Waals surface area contributed by atoms with E-state index in [4.69, 9.17) is 4.74 Å². The molecular formula is C21H28N2O. The van der Waals surface area contributed by atoms with Gasteiger partial charge in [-0.3, -0.25) is 4.90 Å². The Bertz CT molecular complexity index is 760. The normalized spacial score (nSPS) is 27.8. The van der Waals surface area contributed by atoms with Crippen LogP contribution in [0.2, 0.25) is 0 Å². The molecule has 0 amide bonds. The van der Waals surface area contributed by atoms with E-state index in [1.165, 1.54) is 54.5 Å². The summed E-state index contributed by atoms with van der Waals surface area (Å²) in [5.74, 6) is 1.35. The van der Waals surface area contributed by atoms with Crippen LogP contribution in [0.3, 0.4) is 0 Å². The highest BCUT2D eigenvalue weighted by atomic mass is 16.5. The summed E-state index contributed by atoms with van der Waals surface area (Å²) < 4.78 is 5.32. The largest absolute Gasteiger partial charge is 0.504 e. The maximum absolute atomic E-state index is 5.32. The number of allylic oxidation sites excluding steroid dienone is 1. The van der Waals surface area contributed by atoms with E-state index in [1.54, 1.807) is 12.7 Å². The Hall–Kier alpha value is -1.74. The molecule has 0 spiro atoms. The van der Waals surface area contributed by atoms with Gasteiger partial charge in [-0.2, -0.15) is 0 Å². The molecule has 0 radical (unpaired) electrons. The molecular weight excluding hydrogens is 296 g/mol. The number of rotatable bonds is 3. The van der Waals surface area contributed by atoms with E-state index in [-0.39, 0.29) is 0 Å². The van der Waals surface area contributed by atoms with Crippen molar-refractivity contribution in [2.75, 3.05) is 20.2 Å². The molecule has 3 nitrogen and oxygen atoms in total. The first kappa shape index (κ1) is 15.8. The zero-order valence-electron chi connectivity index (χ0n) is 15.0. The zero-order valence-corrected chi connectivity index (χ0v) is 15.0. The van der Waals surface area contributed by atoms with Crippen LogP contribution in [-0.2, 0) is 11.2 Å². The van der Waals surface area contributed by atoms with Gasteiger partial charge in [-0.15, -0.1) is 0 Å². The molecule has 0 unspecified atom stereocenters. The number of methoxy groups -OCH3 is 1. The Morgan fingerprint density at radius 2 is 2.21 bits per heavy atom. The molecule has 1 aromatic heterocycles. The third-order valence-electron chi connectivity index (χ3n) is 6.20. The second kappa shape index (κ2) is 6.29. The van der Waals surface area contributed by atoms with Gasteiger partial charge in [0.1, 0.15) is 0 Å². The number of aromatic amines is 1. The standard InChI is InChI=1S/C21H28N2O/c1-4-15-12-23-10-9-17-16-7-5-6-8-19(16)22-21(17)20(23)11-18(15)14(2)13-24-3/h5-8,13,15,18,20,22H,4,9-12H2,1-3H3/b14-13-/t15-,18-,20+/m1/s1. The van der Waals surface area contributed by atoms with Crippen molar-refractivity contribution in [3.63, 3.8) is 0 Å². The fraction of sp³-hybridized carbons (Fsp3) is 0.524. The maximum Gasteiger partial charge on any atom is 0.0816 e. The number of H-pyrrole nitrogens is 1. The lowest BCUT2D eigenvalue weighted by Crippen LogP contribution is -2.46. The molecule has 3 atom stereocenters. The van der Waals surface area contributed by atoms with Crippen LogP contribution in [0.4, 0.5) is 0 Å². The van der Waals surface area contributed by atoms with Crippen LogP contribution in [0.15, 0.2) is 36.1 Å². The summed E-state index contributed by atoms with van der Waals surface area (Å²) in [6, 6.07) is 9.29. The number of nitrogens with zero attached hydrogens (tertiary/aromatic N) is 1. The van der Waals surface area contributed by atoms with Crippen molar-refractivity contribution in [1.82, 2.24) is 9.88 Å². The van der Waals surface area contributed by atoms with Crippen molar-refractivity contribution in [1.29, 1.82) is 0 Å². The molecule has 1 aromatic carbocycles. The van der Waals surface area contributed by atoms with E-state index in [9.17, 15) is 0 Å². The summed E-state index contributed by atoms with van der Waals surface area (Å²) in [6.07, 6.45) is 5.56. The first-order chi connectivity index (χ1) is 11.7. The minimum Gasteiger partial charge on any atom is -0.504 e. The molecule has 1 saturated heterocycles. The lowest BCUT2D eigenvalue weighted by molar-refractivity contribution is 0.0626. The van der Waals surface area contributed by atoms with Gasteiger partial charge in [0.2, 0.25) is 0 Å². The smallest absolute Gasteiger partial charge is 0.0816 e. The number of hydrogen-bond donors (Lipinski definition) is 1. The number of para-hydroxylation sites is 1.